The molecular weight excluding hydrogens is 400 g/mol. The van der Waals surface area contributed by atoms with E-state index in [0.29, 0.717) is 18.1 Å². The number of unbranched alkanes of at least 4 members (excludes halogenated alkanes) is 2. The Balaban J connectivity index is 1.79. The molecule has 0 saturated heterocycles. The van der Waals surface area contributed by atoms with Crippen LogP contribution in [0.25, 0.3) is 0 Å². The first-order valence-electron chi connectivity index (χ1n) is 11.8. The van der Waals surface area contributed by atoms with Gasteiger partial charge in [0.1, 0.15) is 17.1 Å². The van der Waals surface area contributed by atoms with Crippen molar-refractivity contribution in [1.29, 1.82) is 0 Å². The van der Waals surface area contributed by atoms with Crippen molar-refractivity contribution in [2.45, 2.75) is 83.7 Å². The molecule has 1 unspecified atom stereocenters. The number of carbonyl (C=O) groups is 1. The molecule has 0 amide bonds. The van der Waals surface area contributed by atoms with Crippen LogP contribution >= 0.6 is 0 Å². The van der Waals surface area contributed by atoms with E-state index in [1.165, 1.54) is 37.5 Å². The molecule has 0 radical (unpaired) electrons. The van der Waals surface area contributed by atoms with Crippen LogP contribution < -0.4 is 9.47 Å². The lowest BCUT2D eigenvalue weighted by molar-refractivity contribution is 0.0532. The molecule has 0 saturated carbocycles. The molecule has 1 aliphatic heterocycles. The Hall–Kier alpha value is -2.49. The molecule has 0 spiro atoms. The highest BCUT2D eigenvalue weighted by molar-refractivity contribution is 5.89. The summed E-state index contributed by atoms with van der Waals surface area (Å²) in [5, 5.41) is 0. The Morgan fingerprint density at radius 2 is 1.78 bits per heavy atom. The van der Waals surface area contributed by atoms with Crippen LogP contribution in [0.3, 0.4) is 0 Å². The number of ether oxygens (including phenoxy) is 3. The summed E-state index contributed by atoms with van der Waals surface area (Å²) in [5.74, 6) is 1.73. The third kappa shape index (κ3) is 5.85. The molecule has 174 valence electrons. The minimum Gasteiger partial charge on any atom is -0.493 e. The number of hydrogen-bond acceptors (Lipinski definition) is 4. The molecule has 1 heterocycles. The fraction of sp³-hybridized carbons (Fsp3) is 0.536. The molecular formula is C28H38O4. The van der Waals surface area contributed by atoms with E-state index in [-0.39, 0.29) is 17.0 Å². The van der Waals surface area contributed by atoms with Crippen molar-refractivity contribution >= 4 is 5.97 Å². The minimum absolute atomic E-state index is 0.0611. The van der Waals surface area contributed by atoms with Gasteiger partial charge in [0.2, 0.25) is 0 Å². The molecule has 0 fully saturated rings. The van der Waals surface area contributed by atoms with Gasteiger partial charge in [-0.15, -0.1) is 0 Å². The molecule has 4 nitrogen and oxygen atoms in total. The third-order valence-corrected chi connectivity index (χ3v) is 6.34. The predicted molar refractivity (Wildman–Crippen MR) is 129 cm³/mol. The van der Waals surface area contributed by atoms with Crippen molar-refractivity contribution in [3.05, 3.63) is 59.2 Å². The van der Waals surface area contributed by atoms with Gasteiger partial charge in [-0.1, -0.05) is 52.2 Å². The average molecular weight is 439 g/mol. The highest BCUT2D eigenvalue weighted by Gasteiger charge is 2.39. The fourth-order valence-electron chi connectivity index (χ4n) is 4.90. The second-order valence-corrected chi connectivity index (χ2v) is 10.2. The number of fused-ring (bicyclic) bond motifs is 1. The van der Waals surface area contributed by atoms with Crippen LogP contribution in [0.4, 0.5) is 0 Å². The van der Waals surface area contributed by atoms with Crippen molar-refractivity contribution in [3.8, 4) is 11.5 Å². The highest BCUT2D eigenvalue weighted by atomic mass is 16.5. The molecule has 4 heteroatoms. The van der Waals surface area contributed by atoms with Gasteiger partial charge in [0.25, 0.3) is 0 Å². The average Bonchev–Trinajstić information content (AvgIpc) is 2.74. The second-order valence-electron chi connectivity index (χ2n) is 10.2. The van der Waals surface area contributed by atoms with Crippen molar-refractivity contribution in [1.82, 2.24) is 0 Å². The molecule has 0 bridgehead atoms. The lowest BCUT2D eigenvalue weighted by Gasteiger charge is -2.42. The summed E-state index contributed by atoms with van der Waals surface area (Å²) < 4.78 is 17.2. The van der Waals surface area contributed by atoms with Crippen molar-refractivity contribution in [2.75, 3.05) is 13.7 Å². The van der Waals surface area contributed by atoms with Gasteiger partial charge in [0.15, 0.2) is 0 Å². The summed E-state index contributed by atoms with van der Waals surface area (Å²) in [5.41, 5.74) is 3.03. The van der Waals surface area contributed by atoms with Crippen LogP contribution in [0.2, 0.25) is 0 Å². The Morgan fingerprint density at radius 1 is 1.06 bits per heavy atom. The second kappa shape index (κ2) is 9.97. The van der Waals surface area contributed by atoms with Gasteiger partial charge in [0, 0.05) is 11.5 Å². The Kier molecular flexibility index (Phi) is 7.53. The van der Waals surface area contributed by atoms with E-state index in [2.05, 4.69) is 52.8 Å². The number of methoxy groups -OCH3 is 1. The number of carbonyl (C=O) groups excluding carboxylic acids is 1. The molecule has 1 aliphatic rings. The number of benzene rings is 2. The Morgan fingerprint density at radius 3 is 2.44 bits per heavy atom. The molecule has 0 aromatic heterocycles. The zero-order chi connectivity index (χ0) is 23.4. The van der Waals surface area contributed by atoms with E-state index in [0.717, 1.165) is 24.3 Å². The minimum atomic E-state index is -0.337. The van der Waals surface area contributed by atoms with Crippen molar-refractivity contribution in [2.24, 2.45) is 0 Å². The quantitative estimate of drug-likeness (QED) is 0.311. The van der Waals surface area contributed by atoms with E-state index in [1.807, 2.05) is 12.1 Å². The van der Waals surface area contributed by atoms with Gasteiger partial charge in [-0.05, 0) is 68.0 Å². The summed E-state index contributed by atoms with van der Waals surface area (Å²) in [7, 11) is 1.39. The summed E-state index contributed by atoms with van der Waals surface area (Å²) in [6.07, 6.45) is 5.66. The lowest BCUT2D eigenvalue weighted by Crippen LogP contribution is -2.41. The largest absolute Gasteiger partial charge is 0.493 e. The maximum Gasteiger partial charge on any atom is 0.337 e. The SMILES string of the molecule is CCCCCC(COc1ccc(C(=O)OC)cc1)c1ccc2c(c1)C(C)(C)CC(C)(C)O2. The Labute approximate surface area is 193 Å². The van der Waals surface area contributed by atoms with Crippen LogP contribution in [0.1, 0.15) is 94.1 Å². The Bertz CT molecular complexity index is 912. The summed E-state index contributed by atoms with van der Waals surface area (Å²) in [4.78, 5) is 11.7. The van der Waals surface area contributed by atoms with E-state index in [4.69, 9.17) is 14.2 Å². The van der Waals surface area contributed by atoms with E-state index in [9.17, 15) is 4.79 Å². The summed E-state index contributed by atoms with van der Waals surface area (Å²) in [6.45, 7) is 11.8. The lowest BCUT2D eigenvalue weighted by atomic mass is 9.73. The standard InChI is InChI=1S/C28H38O4/c1-7-8-9-10-22(18-31-23-14-11-20(12-15-23)26(29)30-6)21-13-16-25-24(17-21)27(2,3)19-28(4,5)32-25/h11-17,22H,7-10,18-19H2,1-6H3. The van der Waals surface area contributed by atoms with E-state index >= 15 is 0 Å². The number of hydrogen-bond donors (Lipinski definition) is 0. The first-order chi connectivity index (χ1) is 15.1. The van der Waals surface area contributed by atoms with Crippen LogP contribution in [-0.2, 0) is 10.2 Å². The van der Waals surface area contributed by atoms with Gasteiger partial charge in [-0.2, -0.15) is 0 Å². The molecule has 2 aromatic rings. The molecule has 2 aromatic carbocycles. The maximum absolute atomic E-state index is 11.7. The van der Waals surface area contributed by atoms with Crippen LogP contribution in [0, 0.1) is 0 Å². The third-order valence-electron chi connectivity index (χ3n) is 6.34. The van der Waals surface area contributed by atoms with Gasteiger partial charge < -0.3 is 14.2 Å². The summed E-state index contributed by atoms with van der Waals surface area (Å²) in [6, 6.07) is 13.8. The van der Waals surface area contributed by atoms with Crippen LogP contribution in [0.5, 0.6) is 11.5 Å². The van der Waals surface area contributed by atoms with Crippen molar-refractivity contribution in [3.63, 3.8) is 0 Å². The first-order valence-corrected chi connectivity index (χ1v) is 11.8. The molecule has 3 rings (SSSR count). The van der Waals surface area contributed by atoms with Gasteiger partial charge in [0.05, 0.1) is 19.3 Å². The molecule has 0 N–H and O–H groups in total. The maximum atomic E-state index is 11.7. The van der Waals surface area contributed by atoms with E-state index < -0.39 is 0 Å². The van der Waals surface area contributed by atoms with Gasteiger partial charge >= 0.3 is 5.97 Å². The zero-order valence-electron chi connectivity index (χ0n) is 20.5. The number of rotatable bonds is 9. The molecule has 1 atom stereocenters. The number of esters is 1. The molecule has 32 heavy (non-hydrogen) atoms. The van der Waals surface area contributed by atoms with E-state index in [1.54, 1.807) is 12.1 Å². The molecule has 0 aliphatic carbocycles. The zero-order valence-corrected chi connectivity index (χ0v) is 20.5. The van der Waals surface area contributed by atoms with Gasteiger partial charge in [-0.3, -0.25) is 0 Å². The highest BCUT2D eigenvalue weighted by Crippen LogP contribution is 2.45. The fourth-order valence-corrected chi connectivity index (χ4v) is 4.90. The predicted octanol–water partition coefficient (Wildman–Crippen LogP) is 7.05. The topological polar surface area (TPSA) is 44.8 Å². The first kappa shape index (κ1) is 24.2. The normalized spacial score (nSPS) is 17.1. The van der Waals surface area contributed by atoms with Crippen LogP contribution in [0.15, 0.2) is 42.5 Å². The smallest absolute Gasteiger partial charge is 0.337 e. The summed E-state index contributed by atoms with van der Waals surface area (Å²) >= 11 is 0. The monoisotopic (exact) mass is 438 g/mol. The van der Waals surface area contributed by atoms with Crippen LogP contribution in [-0.4, -0.2) is 25.3 Å². The van der Waals surface area contributed by atoms with Gasteiger partial charge in [-0.25, -0.2) is 4.79 Å². The van der Waals surface area contributed by atoms with Crippen molar-refractivity contribution < 1.29 is 19.0 Å².